The van der Waals surface area contributed by atoms with Crippen molar-refractivity contribution in [3.8, 4) is 0 Å². The van der Waals surface area contributed by atoms with E-state index >= 15 is 0 Å². The van der Waals surface area contributed by atoms with Crippen LogP contribution in [0.15, 0.2) is 18.2 Å². The van der Waals surface area contributed by atoms with Gasteiger partial charge in [-0.25, -0.2) is 0 Å². The Kier molecular flexibility index (Phi) is 4.88. The summed E-state index contributed by atoms with van der Waals surface area (Å²) in [4.78, 5) is 10.7. The van der Waals surface area contributed by atoms with Crippen LogP contribution in [0.4, 0.5) is 0 Å². The molecule has 15 heavy (non-hydrogen) atoms. The fourth-order valence-corrected chi connectivity index (χ4v) is 1.62. The first-order chi connectivity index (χ1) is 7.13. The first-order valence-electron chi connectivity index (χ1n) is 4.45. The molecule has 0 aromatic heterocycles. The van der Waals surface area contributed by atoms with Crippen LogP contribution in [0.25, 0.3) is 0 Å². The van der Waals surface area contributed by atoms with Crippen LogP contribution < -0.4 is 5.32 Å². The molecule has 0 fully saturated rings. The molecule has 0 unspecified atom stereocenters. The number of nitrogens with one attached hydrogen (secondary N) is 1. The molecule has 1 aromatic rings. The normalized spacial score (nSPS) is 10.1. The van der Waals surface area contributed by atoms with Gasteiger partial charge < -0.3 is 10.4 Å². The van der Waals surface area contributed by atoms with Crippen molar-refractivity contribution in [1.82, 2.24) is 5.32 Å². The quantitative estimate of drug-likeness (QED) is 0.851. The fourth-order valence-electron chi connectivity index (χ4n) is 1.12. The number of hydrogen-bond acceptors (Lipinski definition) is 2. The lowest BCUT2D eigenvalue weighted by Crippen LogP contribution is -2.28. The summed E-state index contributed by atoms with van der Waals surface area (Å²) < 4.78 is 0. The minimum Gasteiger partial charge on any atom is -0.387 e. The Labute approximate surface area is 98.0 Å². The monoisotopic (exact) mass is 247 g/mol. The zero-order valence-corrected chi connectivity index (χ0v) is 9.48. The zero-order chi connectivity index (χ0) is 11.3. The van der Waals surface area contributed by atoms with Crippen LogP contribution in [0.5, 0.6) is 0 Å². The van der Waals surface area contributed by atoms with E-state index in [0.717, 1.165) is 5.56 Å². The Bertz CT molecular complexity index is 355. The standard InChI is InChI=1S/C10H11Cl2NO2/c11-8-2-1-7(9(12)5-8)3-4-13-10(15)6-14/h1-2,5,14H,3-4,6H2,(H,13,15). The number of amides is 1. The first-order valence-corrected chi connectivity index (χ1v) is 5.20. The number of rotatable bonds is 4. The number of halogens is 2. The molecule has 1 rings (SSSR count). The summed E-state index contributed by atoms with van der Waals surface area (Å²) in [5.74, 6) is -0.389. The maximum Gasteiger partial charge on any atom is 0.245 e. The van der Waals surface area contributed by atoms with Gasteiger partial charge in [-0.05, 0) is 24.1 Å². The average molecular weight is 248 g/mol. The molecule has 0 spiro atoms. The van der Waals surface area contributed by atoms with Crippen LogP contribution in [0.1, 0.15) is 5.56 Å². The Morgan fingerprint density at radius 1 is 1.40 bits per heavy atom. The van der Waals surface area contributed by atoms with E-state index in [1.165, 1.54) is 0 Å². The molecular formula is C10H11Cl2NO2. The summed E-state index contributed by atoms with van der Waals surface area (Å²) in [5, 5.41) is 12.2. The predicted octanol–water partition coefficient (Wildman–Crippen LogP) is 1.64. The van der Waals surface area contributed by atoms with E-state index in [1.54, 1.807) is 12.1 Å². The lowest BCUT2D eigenvalue weighted by molar-refractivity contribution is -0.123. The molecule has 3 nitrogen and oxygen atoms in total. The Morgan fingerprint density at radius 3 is 2.73 bits per heavy atom. The maximum absolute atomic E-state index is 10.7. The molecule has 0 aliphatic rings. The molecule has 1 aromatic carbocycles. The second kappa shape index (κ2) is 5.95. The van der Waals surface area contributed by atoms with E-state index in [0.29, 0.717) is 23.0 Å². The van der Waals surface area contributed by atoms with Crippen LogP contribution in [0.3, 0.4) is 0 Å². The maximum atomic E-state index is 10.7. The van der Waals surface area contributed by atoms with E-state index in [4.69, 9.17) is 28.3 Å². The van der Waals surface area contributed by atoms with Gasteiger partial charge in [0.2, 0.25) is 5.91 Å². The molecule has 5 heteroatoms. The van der Waals surface area contributed by atoms with Crippen LogP contribution in [-0.4, -0.2) is 24.2 Å². The fraction of sp³-hybridized carbons (Fsp3) is 0.300. The van der Waals surface area contributed by atoms with E-state index in [-0.39, 0.29) is 5.91 Å². The molecular weight excluding hydrogens is 237 g/mol. The summed E-state index contributed by atoms with van der Waals surface area (Å²) in [6.45, 7) is -0.0465. The molecule has 0 saturated heterocycles. The summed E-state index contributed by atoms with van der Waals surface area (Å²) in [6, 6.07) is 5.22. The lowest BCUT2D eigenvalue weighted by Gasteiger charge is -2.05. The van der Waals surface area contributed by atoms with Crippen molar-refractivity contribution in [2.24, 2.45) is 0 Å². The van der Waals surface area contributed by atoms with E-state index in [1.807, 2.05) is 6.07 Å². The van der Waals surface area contributed by atoms with Crippen molar-refractivity contribution in [3.63, 3.8) is 0 Å². The largest absolute Gasteiger partial charge is 0.387 e. The van der Waals surface area contributed by atoms with Crippen molar-refractivity contribution in [2.75, 3.05) is 13.2 Å². The third-order valence-electron chi connectivity index (χ3n) is 1.88. The molecule has 0 radical (unpaired) electrons. The second-order valence-electron chi connectivity index (χ2n) is 2.99. The Balaban J connectivity index is 2.47. The van der Waals surface area contributed by atoms with Crippen LogP contribution >= 0.6 is 23.2 Å². The van der Waals surface area contributed by atoms with Crippen molar-refractivity contribution >= 4 is 29.1 Å². The number of benzene rings is 1. The van der Waals surface area contributed by atoms with Gasteiger partial charge in [-0.2, -0.15) is 0 Å². The topological polar surface area (TPSA) is 49.3 Å². The van der Waals surface area contributed by atoms with Crippen molar-refractivity contribution < 1.29 is 9.90 Å². The summed E-state index contributed by atoms with van der Waals surface area (Å²) in [5.41, 5.74) is 0.916. The van der Waals surface area contributed by atoms with Crippen LogP contribution in [0.2, 0.25) is 10.0 Å². The molecule has 0 bridgehead atoms. The molecule has 1 amide bonds. The van der Waals surface area contributed by atoms with E-state index < -0.39 is 6.61 Å². The number of carbonyl (C=O) groups is 1. The van der Waals surface area contributed by atoms with Gasteiger partial charge in [0.05, 0.1) is 0 Å². The first kappa shape index (κ1) is 12.3. The molecule has 0 saturated carbocycles. The Morgan fingerprint density at radius 2 is 2.13 bits per heavy atom. The molecule has 82 valence electrons. The summed E-state index contributed by atoms with van der Waals surface area (Å²) >= 11 is 11.7. The van der Waals surface area contributed by atoms with Gasteiger partial charge in [0.25, 0.3) is 0 Å². The predicted molar refractivity (Wildman–Crippen MR) is 60.3 cm³/mol. The highest BCUT2D eigenvalue weighted by Crippen LogP contribution is 2.20. The smallest absolute Gasteiger partial charge is 0.245 e. The average Bonchev–Trinajstić information content (AvgIpc) is 2.21. The van der Waals surface area contributed by atoms with Gasteiger partial charge in [0, 0.05) is 16.6 Å². The number of aliphatic hydroxyl groups excluding tert-OH is 1. The number of hydrogen-bond donors (Lipinski definition) is 2. The van der Waals surface area contributed by atoms with Crippen molar-refractivity contribution in [3.05, 3.63) is 33.8 Å². The van der Waals surface area contributed by atoms with Crippen molar-refractivity contribution in [2.45, 2.75) is 6.42 Å². The minimum atomic E-state index is -0.492. The lowest BCUT2D eigenvalue weighted by atomic mass is 10.1. The third-order valence-corrected chi connectivity index (χ3v) is 2.46. The van der Waals surface area contributed by atoms with Crippen LogP contribution in [0, 0.1) is 0 Å². The summed E-state index contributed by atoms with van der Waals surface area (Å²) in [7, 11) is 0. The third kappa shape index (κ3) is 4.08. The highest BCUT2D eigenvalue weighted by Gasteiger charge is 2.02. The van der Waals surface area contributed by atoms with E-state index in [9.17, 15) is 4.79 Å². The highest BCUT2D eigenvalue weighted by atomic mass is 35.5. The molecule has 2 N–H and O–H groups in total. The number of aliphatic hydroxyl groups is 1. The second-order valence-corrected chi connectivity index (χ2v) is 3.84. The van der Waals surface area contributed by atoms with Crippen molar-refractivity contribution in [1.29, 1.82) is 0 Å². The van der Waals surface area contributed by atoms with Gasteiger partial charge in [-0.15, -0.1) is 0 Å². The highest BCUT2D eigenvalue weighted by molar-refractivity contribution is 6.35. The molecule has 0 aliphatic carbocycles. The van der Waals surface area contributed by atoms with Gasteiger partial charge in [-0.3, -0.25) is 4.79 Å². The summed E-state index contributed by atoms with van der Waals surface area (Å²) in [6.07, 6.45) is 0.613. The minimum absolute atomic E-state index is 0.389. The molecule has 0 heterocycles. The van der Waals surface area contributed by atoms with Gasteiger partial charge in [0.1, 0.15) is 6.61 Å². The number of carbonyl (C=O) groups excluding carboxylic acids is 1. The van der Waals surface area contributed by atoms with Gasteiger partial charge in [0.15, 0.2) is 0 Å². The molecule has 0 atom stereocenters. The van der Waals surface area contributed by atoms with Gasteiger partial charge >= 0.3 is 0 Å². The SMILES string of the molecule is O=C(CO)NCCc1ccc(Cl)cc1Cl. The molecule has 0 aliphatic heterocycles. The zero-order valence-electron chi connectivity index (χ0n) is 7.96. The van der Waals surface area contributed by atoms with Gasteiger partial charge in [-0.1, -0.05) is 29.3 Å². The van der Waals surface area contributed by atoms with Crippen LogP contribution in [-0.2, 0) is 11.2 Å². The Hall–Kier alpha value is -0.770. The van der Waals surface area contributed by atoms with E-state index in [2.05, 4.69) is 5.32 Å².